The second-order valence-corrected chi connectivity index (χ2v) is 7.43. The fraction of sp³-hybridized carbons (Fsp3) is 0.238. The molecule has 29 heavy (non-hydrogen) atoms. The van der Waals surface area contributed by atoms with E-state index in [1.165, 1.54) is 17.1 Å². The van der Waals surface area contributed by atoms with Crippen molar-refractivity contribution in [2.75, 3.05) is 7.11 Å². The molecule has 0 saturated heterocycles. The van der Waals surface area contributed by atoms with E-state index in [1.807, 2.05) is 37.3 Å². The molecular weight excluding hydrogens is 392 g/mol. The number of nitrogens with zero attached hydrogens (tertiary/aromatic N) is 1. The minimum Gasteiger partial charge on any atom is -0.494 e. The fourth-order valence-electron chi connectivity index (χ4n) is 2.88. The van der Waals surface area contributed by atoms with Gasteiger partial charge in [0.1, 0.15) is 17.5 Å². The molecule has 3 aromatic rings. The molecule has 1 aromatic heterocycles. The van der Waals surface area contributed by atoms with E-state index in [2.05, 4.69) is 4.74 Å². The summed E-state index contributed by atoms with van der Waals surface area (Å²) >= 11 is 0.963. The van der Waals surface area contributed by atoms with Crippen LogP contribution in [0.4, 0.5) is 0 Å². The second-order valence-electron chi connectivity index (χ2n) is 6.61. The summed E-state index contributed by atoms with van der Waals surface area (Å²) in [5, 5.41) is 11.1. The number of aryl methyl sites for hydroxylation is 1. The Morgan fingerprint density at radius 1 is 1.21 bits per heavy atom. The Balaban J connectivity index is 1.66. The number of nitrogens with two attached hydrogens (primary N) is 1. The van der Waals surface area contributed by atoms with Crippen LogP contribution < -0.4 is 15.3 Å². The molecule has 0 fully saturated rings. The maximum absolute atomic E-state index is 11.7. The van der Waals surface area contributed by atoms with Gasteiger partial charge < -0.3 is 20.3 Å². The van der Waals surface area contributed by atoms with E-state index in [-0.39, 0.29) is 10.8 Å². The van der Waals surface area contributed by atoms with Crippen molar-refractivity contribution in [3.63, 3.8) is 0 Å². The average Bonchev–Trinajstić information content (AvgIpc) is 3.02. The largest absolute Gasteiger partial charge is 0.494 e. The lowest BCUT2D eigenvalue weighted by Gasteiger charge is -2.13. The average molecular weight is 414 g/mol. The highest BCUT2D eigenvalue weighted by Gasteiger charge is 2.15. The van der Waals surface area contributed by atoms with Crippen molar-refractivity contribution in [1.29, 1.82) is 0 Å². The van der Waals surface area contributed by atoms with Crippen molar-refractivity contribution in [1.82, 2.24) is 4.57 Å². The number of ether oxygens (including phenoxy) is 2. The monoisotopic (exact) mass is 414 g/mol. The first kappa shape index (κ1) is 20.6. The van der Waals surface area contributed by atoms with Crippen molar-refractivity contribution in [2.24, 2.45) is 5.73 Å². The number of rotatable bonds is 7. The zero-order valence-corrected chi connectivity index (χ0v) is 16.9. The molecule has 7 nitrogen and oxygen atoms in total. The molecule has 1 heterocycles. The van der Waals surface area contributed by atoms with Gasteiger partial charge in [0.2, 0.25) is 5.88 Å². The van der Waals surface area contributed by atoms with E-state index in [0.29, 0.717) is 24.5 Å². The minimum atomic E-state index is -0.701. The number of methoxy groups -OCH3 is 1. The van der Waals surface area contributed by atoms with Gasteiger partial charge in [0.25, 0.3) is 0 Å². The van der Waals surface area contributed by atoms with Crippen molar-refractivity contribution in [3.05, 3.63) is 74.2 Å². The maximum Gasteiger partial charge on any atom is 0.322 e. The van der Waals surface area contributed by atoms with Crippen LogP contribution in [0.5, 0.6) is 17.4 Å². The topological polar surface area (TPSA) is 104 Å². The first-order valence-electron chi connectivity index (χ1n) is 8.94. The number of aromatic nitrogens is 1. The number of hydrogen-bond acceptors (Lipinski definition) is 7. The summed E-state index contributed by atoms with van der Waals surface area (Å²) in [7, 11) is 1.32. The summed E-state index contributed by atoms with van der Waals surface area (Å²) in [6, 6.07) is 12.2. The zero-order chi connectivity index (χ0) is 21.0. The Kier molecular flexibility index (Phi) is 6.36. The summed E-state index contributed by atoms with van der Waals surface area (Å²) in [6.07, 6.45) is 0.391. The van der Waals surface area contributed by atoms with Gasteiger partial charge in [0, 0.05) is 0 Å². The molecule has 1 unspecified atom stereocenters. The number of carbonyl (C=O) groups is 1. The number of aromatic hydroxyl groups is 1. The molecule has 3 N–H and O–H groups in total. The Labute approximate surface area is 171 Å². The van der Waals surface area contributed by atoms with E-state index in [9.17, 15) is 14.7 Å². The SMILES string of the molecule is COC(=O)C(N)Cc1ccc(Oc2ccc(Cn3c(O)csc3=O)cc2)cc1C. The van der Waals surface area contributed by atoms with Crippen LogP contribution >= 0.6 is 11.3 Å². The van der Waals surface area contributed by atoms with E-state index >= 15 is 0 Å². The predicted molar refractivity (Wildman–Crippen MR) is 111 cm³/mol. The predicted octanol–water partition coefficient (Wildman–Crippen LogP) is 2.81. The highest BCUT2D eigenvalue weighted by molar-refractivity contribution is 7.07. The zero-order valence-electron chi connectivity index (χ0n) is 16.1. The summed E-state index contributed by atoms with van der Waals surface area (Å²) in [5.41, 5.74) is 8.62. The Morgan fingerprint density at radius 3 is 2.48 bits per heavy atom. The lowest BCUT2D eigenvalue weighted by Crippen LogP contribution is -2.33. The van der Waals surface area contributed by atoms with E-state index < -0.39 is 12.0 Å². The summed E-state index contributed by atoms with van der Waals surface area (Å²) in [5.74, 6) is 0.831. The molecule has 2 aromatic carbocycles. The molecule has 0 aliphatic heterocycles. The molecule has 0 amide bonds. The summed E-state index contributed by atoms with van der Waals surface area (Å²) in [6.45, 7) is 2.23. The van der Waals surface area contributed by atoms with Crippen LogP contribution in [-0.4, -0.2) is 28.8 Å². The van der Waals surface area contributed by atoms with Crippen LogP contribution in [0.15, 0.2) is 52.6 Å². The van der Waals surface area contributed by atoms with Crippen LogP contribution in [0.2, 0.25) is 0 Å². The molecule has 3 rings (SSSR count). The maximum atomic E-state index is 11.7. The van der Waals surface area contributed by atoms with Gasteiger partial charge in [-0.3, -0.25) is 14.2 Å². The third kappa shape index (κ3) is 5.04. The van der Waals surface area contributed by atoms with Crippen LogP contribution in [0, 0.1) is 6.92 Å². The fourth-order valence-corrected chi connectivity index (χ4v) is 3.50. The van der Waals surface area contributed by atoms with E-state index in [4.69, 9.17) is 10.5 Å². The standard InChI is InChI=1S/C21H22N2O5S/c1-13-9-17(8-5-15(13)10-18(22)20(25)27-2)28-16-6-3-14(4-7-16)11-23-19(24)12-29-21(23)26/h3-9,12,18,24H,10-11,22H2,1-2H3. The summed E-state index contributed by atoms with van der Waals surface area (Å²) < 4.78 is 11.9. The van der Waals surface area contributed by atoms with Gasteiger partial charge in [-0.15, -0.1) is 0 Å². The smallest absolute Gasteiger partial charge is 0.322 e. The van der Waals surface area contributed by atoms with Gasteiger partial charge in [-0.1, -0.05) is 29.5 Å². The van der Waals surface area contributed by atoms with Crippen LogP contribution in [0.1, 0.15) is 16.7 Å². The van der Waals surface area contributed by atoms with Crippen molar-refractivity contribution in [3.8, 4) is 17.4 Å². The Bertz CT molecular complexity index is 1060. The molecular formula is C21H22N2O5S. The Hall–Kier alpha value is -3.10. The normalized spacial score (nSPS) is 11.8. The van der Waals surface area contributed by atoms with Crippen molar-refractivity contribution >= 4 is 17.3 Å². The van der Waals surface area contributed by atoms with Crippen LogP contribution in [0.25, 0.3) is 0 Å². The first-order chi connectivity index (χ1) is 13.9. The molecule has 0 saturated carbocycles. The number of carbonyl (C=O) groups excluding carboxylic acids is 1. The molecule has 0 aliphatic rings. The van der Waals surface area contributed by atoms with Gasteiger partial charge in [0.15, 0.2) is 0 Å². The van der Waals surface area contributed by atoms with E-state index in [1.54, 1.807) is 12.1 Å². The van der Waals surface area contributed by atoms with Gasteiger partial charge in [0.05, 0.1) is 19.0 Å². The summed E-state index contributed by atoms with van der Waals surface area (Å²) in [4.78, 5) is 23.0. The van der Waals surface area contributed by atoms with E-state index in [0.717, 1.165) is 28.0 Å². The van der Waals surface area contributed by atoms with Gasteiger partial charge in [-0.05, 0) is 54.3 Å². The number of hydrogen-bond donors (Lipinski definition) is 2. The van der Waals surface area contributed by atoms with Crippen LogP contribution in [0.3, 0.4) is 0 Å². The number of esters is 1. The van der Waals surface area contributed by atoms with Gasteiger partial charge in [-0.2, -0.15) is 0 Å². The van der Waals surface area contributed by atoms with Crippen molar-refractivity contribution < 1.29 is 19.4 Å². The van der Waals surface area contributed by atoms with Gasteiger partial charge >= 0.3 is 10.8 Å². The quantitative estimate of drug-likeness (QED) is 0.576. The molecule has 0 aliphatic carbocycles. The van der Waals surface area contributed by atoms with Crippen LogP contribution in [-0.2, 0) is 22.5 Å². The number of benzene rings is 2. The van der Waals surface area contributed by atoms with Gasteiger partial charge in [-0.25, -0.2) is 0 Å². The molecule has 8 heteroatoms. The lowest BCUT2D eigenvalue weighted by atomic mass is 10.0. The highest BCUT2D eigenvalue weighted by atomic mass is 32.1. The lowest BCUT2D eigenvalue weighted by molar-refractivity contribution is -0.142. The number of thiazole rings is 1. The highest BCUT2D eigenvalue weighted by Crippen LogP contribution is 2.25. The molecule has 152 valence electrons. The molecule has 0 spiro atoms. The first-order valence-corrected chi connectivity index (χ1v) is 9.82. The third-order valence-electron chi connectivity index (χ3n) is 4.52. The molecule has 0 radical (unpaired) electrons. The minimum absolute atomic E-state index is 0.0391. The Morgan fingerprint density at radius 2 is 1.90 bits per heavy atom. The van der Waals surface area contributed by atoms with Crippen molar-refractivity contribution in [2.45, 2.75) is 25.9 Å². The third-order valence-corrected chi connectivity index (χ3v) is 5.27. The molecule has 0 bridgehead atoms. The molecule has 1 atom stereocenters. The second kappa shape index (κ2) is 8.93.